The van der Waals surface area contributed by atoms with Crippen LogP contribution in [0.4, 0.5) is 14.5 Å². The van der Waals surface area contributed by atoms with Crippen molar-refractivity contribution < 1.29 is 8.78 Å². The molecule has 37 heavy (non-hydrogen) atoms. The van der Waals surface area contributed by atoms with Gasteiger partial charge in [-0.3, -0.25) is 15.3 Å². The van der Waals surface area contributed by atoms with Gasteiger partial charge in [0.05, 0.1) is 6.34 Å². The summed E-state index contributed by atoms with van der Waals surface area (Å²) in [7, 11) is 0. The lowest BCUT2D eigenvalue weighted by Crippen LogP contribution is -2.43. The van der Waals surface area contributed by atoms with Crippen molar-refractivity contribution in [3.63, 3.8) is 0 Å². The number of thiophene rings is 1. The first-order valence-corrected chi connectivity index (χ1v) is 13.6. The summed E-state index contributed by atoms with van der Waals surface area (Å²) in [5, 5.41) is 9.27. The van der Waals surface area contributed by atoms with E-state index >= 15 is 0 Å². The Bertz CT molecular complexity index is 1080. The fourth-order valence-electron chi connectivity index (χ4n) is 4.59. The van der Waals surface area contributed by atoms with Crippen molar-refractivity contribution in [1.29, 1.82) is 5.41 Å². The molecule has 1 saturated heterocycles. The van der Waals surface area contributed by atoms with Gasteiger partial charge in [-0.1, -0.05) is 19.9 Å². The first-order chi connectivity index (χ1) is 17.7. The van der Waals surface area contributed by atoms with Crippen molar-refractivity contribution in [1.82, 2.24) is 9.88 Å². The van der Waals surface area contributed by atoms with E-state index in [1.807, 2.05) is 33.0 Å². The van der Waals surface area contributed by atoms with Crippen LogP contribution in [0.25, 0.3) is 0 Å². The first kappa shape index (κ1) is 30.4. The van der Waals surface area contributed by atoms with E-state index in [1.165, 1.54) is 29.0 Å². The highest BCUT2D eigenvalue weighted by Crippen LogP contribution is 2.42. The van der Waals surface area contributed by atoms with Gasteiger partial charge in [0.1, 0.15) is 5.82 Å². The Labute approximate surface area is 224 Å². The molecule has 4 rings (SSSR count). The summed E-state index contributed by atoms with van der Waals surface area (Å²) in [6, 6.07) is 14.2. The highest BCUT2D eigenvalue weighted by atomic mass is 32.1. The standard InChI is InChI=1S/C26H31F2N3S.C2H6.CH4N2/c1-19-4-5-20(16-29-19)25(2,3)31-15-14-26(18-31,13-12-23-10-11-24(28)32-23)17-30-22-8-6-21(27)7-9-22;1-2;2-1-3/h4-11,16,30H,12-15,17-18H2,1-3H3;1-2H3;1H,(H3,2,3). The average molecular weight is 530 g/mol. The zero-order valence-corrected chi connectivity index (χ0v) is 23.5. The number of hydrogen-bond donors (Lipinski definition) is 3. The Morgan fingerprint density at radius 1 is 1.14 bits per heavy atom. The van der Waals surface area contributed by atoms with Crippen molar-refractivity contribution in [2.24, 2.45) is 11.1 Å². The first-order valence-electron chi connectivity index (χ1n) is 12.8. The van der Waals surface area contributed by atoms with E-state index in [2.05, 4.69) is 46.9 Å². The molecule has 0 saturated carbocycles. The third-order valence-corrected chi connectivity index (χ3v) is 7.82. The van der Waals surface area contributed by atoms with Crippen LogP contribution in [0.1, 0.15) is 56.7 Å². The lowest BCUT2D eigenvalue weighted by molar-refractivity contribution is 0.131. The Hall–Kier alpha value is -2.84. The molecule has 202 valence electrons. The molecule has 8 heteroatoms. The Morgan fingerprint density at radius 2 is 1.81 bits per heavy atom. The van der Waals surface area contributed by atoms with Crippen LogP contribution >= 0.6 is 11.3 Å². The molecular formula is C29H41F2N5S. The minimum atomic E-state index is -0.231. The van der Waals surface area contributed by atoms with Crippen LogP contribution in [0.3, 0.4) is 0 Å². The Kier molecular flexibility index (Phi) is 11.7. The molecule has 1 aromatic carbocycles. The van der Waals surface area contributed by atoms with Gasteiger partial charge in [0, 0.05) is 46.5 Å². The second-order valence-corrected chi connectivity index (χ2v) is 10.8. The number of halogens is 2. The fraction of sp³-hybridized carbons (Fsp3) is 0.448. The maximum atomic E-state index is 13.5. The minimum absolute atomic E-state index is 0.0459. The van der Waals surface area contributed by atoms with Gasteiger partial charge in [-0.15, -0.1) is 11.3 Å². The molecular weight excluding hydrogens is 488 g/mol. The van der Waals surface area contributed by atoms with Gasteiger partial charge in [-0.05, 0) is 94.6 Å². The van der Waals surface area contributed by atoms with Gasteiger partial charge in [-0.2, -0.15) is 4.39 Å². The second kappa shape index (κ2) is 14.2. The van der Waals surface area contributed by atoms with Crippen LogP contribution in [-0.4, -0.2) is 35.9 Å². The van der Waals surface area contributed by atoms with Gasteiger partial charge < -0.3 is 11.1 Å². The van der Waals surface area contributed by atoms with Crippen LogP contribution in [-0.2, 0) is 12.0 Å². The predicted molar refractivity (Wildman–Crippen MR) is 152 cm³/mol. The number of aryl methyl sites for hydroxylation is 2. The highest BCUT2D eigenvalue weighted by molar-refractivity contribution is 7.10. The monoisotopic (exact) mass is 529 g/mol. The number of pyridine rings is 1. The summed E-state index contributed by atoms with van der Waals surface area (Å²) in [4.78, 5) is 8.14. The fourth-order valence-corrected chi connectivity index (χ4v) is 5.32. The number of hydrogen-bond acceptors (Lipinski definition) is 5. The van der Waals surface area contributed by atoms with Gasteiger partial charge in [-0.25, -0.2) is 4.39 Å². The molecule has 0 spiro atoms. The number of benzene rings is 1. The molecule has 2 aromatic heterocycles. The number of anilines is 1. The van der Waals surface area contributed by atoms with Gasteiger partial charge in [0.25, 0.3) is 0 Å². The summed E-state index contributed by atoms with van der Waals surface area (Å²) in [6.07, 6.45) is 5.62. The van der Waals surface area contributed by atoms with Crippen LogP contribution in [0.15, 0.2) is 54.7 Å². The van der Waals surface area contributed by atoms with E-state index in [0.717, 1.165) is 61.5 Å². The summed E-state index contributed by atoms with van der Waals surface area (Å²) in [6.45, 7) is 13.3. The number of nitrogens with one attached hydrogen (secondary N) is 2. The number of likely N-dealkylation sites (tertiary alicyclic amines) is 1. The highest BCUT2D eigenvalue weighted by Gasteiger charge is 2.43. The van der Waals surface area contributed by atoms with E-state index in [4.69, 9.17) is 5.41 Å². The minimum Gasteiger partial charge on any atom is -0.390 e. The molecule has 0 bridgehead atoms. The number of aromatic nitrogens is 1. The molecule has 1 atom stereocenters. The SMILES string of the molecule is CC.Cc1ccc(C(C)(C)N2CCC(CCc3ccc(F)s3)(CNc3ccc(F)cc3)C2)cn1.N=CN. The Balaban J connectivity index is 0.000000898. The molecule has 5 nitrogen and oxygen atoms in total. The second-order valence-electron chi connectivity index (χ2n) is 9.65. The van der Waals surface area contributed by atoms with Gasteiger partial charge in [0.15, 0.2) is 5.13 Å². The third kappa shape index (κ3) is 8.61. The summed E-state index contributed by atoms with van der Waals surface area (Å²) >= 11 is 1.24. The molecule has 1 aliphatic heterocycles. The molecule has 0 aliphatic carbocycles. The van der Waals surface area contributed by atoms with Gasteiger partial charge >= 0.3 is 0 Å². The zero-order valence-electron chi connectivity index (χ0n) is 22.7. The lowest BCUT2D eigenvalue weighted by atomic mass is 9.81. The van der Waals surface area contributed by atoms with Crippen LogP contribution in [0, 0.1) is 28.7 Å². The topological polar surface area (TPSA) is 78.0 Å². The Morgan fingerprint density at radius 3 is 2.38 bits per heavy atom. The number of rotatable bonds is 8. The van der Waals surface area contributed by atoms with E-state index in [1.54, 1.807) is 18.2 Å². The molecule has 1 unspecified atom stereocenters. The van der Waals surface area contributed by atoms with Crippen molar-refractivity contribution in [3.8, 4) is 0 Å². The van der Waals surface area contributed by atoms with Crippen LogP contribution in [0.5, 0.6) is 0 Å². The lowest BCUT2D eigenvalue weighted by Gasteiger charge is -2.38. The maximum absolute atomic E-state index is 13.5. The van der Waals surface area contributed by atoms with E-state index in [-0.39, 0.29) is 21.9 Å². The van der Waals surface area contributed by atoms with Gasteiger partial charge in [0.2, 0.25) is 0 Å². The van der Waals surface area contributed by atoms with Crippen molar-refractivity contribution in [2.75, 3.05) is 25.0 Å². The third-order valence-electron chi connectivity index (χ3n) is 6.89. The molecule has 1 fully saturated rings. The normalized spacial score (nSPS) is 17.3. The molecule has 4 N–H and O–H groups in total. The predicted octanol–water partition coefficient (Wildman–Crippen LogP) is 6.98. The van der Waals surface area contributed by atoms with Crippen LogP contribution in [0.2, 0.25) is 0 Å². The number of nitrogens with zero attached hydrogens (tertiary/aromatic N) is 2. The summed E-state index contributed by atoms with van der Waals surface area (Å²) in [5.41, 5.74) is 7.46. The average Bonchev–Trinajstić information content (AvgIpc) is 3.52. The van der Waals surface area contributed by atoms with Crippen molar-refractivity contribution >= 4 is 23.4 Å². The molecule has 0 amide bonds. The molecule has 0 radical (unpaired) electrons. The van der Waals surface area contributed by atoms with Crippen molar-refractivity contribution in [2.45, 2.75) is 59.4 Å². The smallest absolute Gasteiger partial charge is 0.176 e. The summed E-state index contributed by atoms with van der Waals surface area (Å²) < 4.78 is 26.8. The molecule has 3 heterocycles. The largest absolute Gasteiger partial charge is 0.390 e. The number of nitrogens with two attached hydrogens (primary N) is 1. The maximum Gasteiger partial charge on any atom is 0.176 e. The summed E-state index contributed by atoms with van der Waals surface area (Å²) in [5.74, 6) is -0.231. The zero-order chi connectivity index (χ0) is 27.5. The van der Waals surface area contributed by atoms with E-state index < -0.39 is 0 Å². The molecule has 3 aromatic rings. The quantitative estimate of drug-likeness (QED) is 0.217. The van der Waals surface area contributed by atoms with Crippen LogP contribution < -0.4 is 11.1 Å². The van der Waals surface area contributed by atoms with Crippen molar-refractivity contribution in [3.05, 3.63) is 81.8 Å². The molecule has 1 aliphatic rings. The van der Waals surface area contributed by atoms with E-state index in [0.29, 0.717) is 0 Å². The van der Waals surface area contributed by atoms with E-state index in [9.17, 15) is 8.78 Å².